The first kappa shape index (κ1) is 70.8. The van der Waals surface area contributed by atoms with Gasteiger partial charge in [0.2, 0.25) is 5.91 Å². The number of hydrogen-bond donors (Lipinski definition) is 8. The number of ether oxygens (including phenoxy) is 8. The van der Waals surface area contributed by atoms with Gasteiger partial charge < -0.3 is 85.2 Å². The van der Waals surface area contributed by atoms with Crippen molar-refractivity contribution < 1.29 is 86.9 Å². The second-order valence-corrected chi connectivity index (χ2v) is 29.9. The molecule has 546 valence electrons. The normalized spacial score (nSPS) is 25.6. The summed E-state index contributed by atoms with van der Waals surface area (Å²) in [5, 5.41) is 53.8. The molecule has 8 aromatic heterocycles. The number of aliphatic hydroxyl groups excluding tert-OH is 1. The van der Waals surface area contributed by atoms with Gasteiger partial charge in [-0.25, -0.2) is 39.5 Å². The number of carbonyl (C=O) groups is 7. The highest BCUT2D eigenvalue weighted by molar-refractivity contribution is 7.14. The average Bonchev–Trinajstić information content (AvgIpc) is 1.60. The third-order valence-corrected chi connectivity index (χ3v) is 23.3. The number of nitrogens with one attached hydrogen (secondary N) is 4. The standard InChI is InChI=1S/C67H65N15O18S5/c1-27(83)45-58(89)78-46(28(2)93-6)61-74-40(26-104-61)57(88)79-49-51-52(99-43-17-67(4)53(29(3)98-43)80(5)64(100-67)34-11-10-31(18-69-34)81-12-14-94-15-13-81)66(91)96-19-30-8-7-9-41-44(30)33(20-95-51)50(82(41)92)65(90)97-21-35(70-55(86)38-25-105-63(49)75-38)60-71-36(22-102-60)47-32(59-73-39(24-101-59)56(87)77-45)16-42(84)48(76-47)62-72-37(23-103-62)54(68)85/h7-11,16,18,22-27,29,35,43,45,49,51-53,64,83-84,92H,12-15,17,19-21H2,1-6H3,(H2,68,85)(H,70,86)(H,77,87)(H,78,89)(H,79,88)/b46-28+. The van der Waals surface area contributed by atoms with Crippen LogP contribution in [0, 0.1) is 0 Å². The lowest BCUT2D eigenvalue weighted by Crippen LogP contribution is -2.58. The molecule has 15 rings (SSSR count). The number of pyridine rings is 2. The van der Waals surface area contributed by atoms with Crippen molar-refractivity contribution in [2.75, 3.05) is 52.0 Å². The highest BCUT2D eigenvalue weighted by Gasteiger charge is 2.58. The molecular weight excluding hydrogens is 1460 g/mol. The summed E-state index contributed by atoms with van der Waals surface area (Å²) in [5.41, 5.74) is 5.28. The van der Waals surface area contributed by atoms with Crippen LogP contribution in [0.5, 0.6) is 5.75 Å². The molecule has 9 N–H and O–H groups in total. The number of carbonyl (C=O) groups excluding carboxylic acids is 7. The van der Waals surface area contributed by atoms with Crippen LogP contribution >= 0.6 is 56.7 Å². The third kappa shape index (κ3) is 13.4. The van der Waals surface area contributed by atoms with Crippen molar-refractivity contribution in [1.82, 2.24) is 65.8 Å². The summed E-state index contributed by atoms with van der Waals surface area (Å²) in [6.45, 7) is 7.44. The van der Waals surface area contributed by atoms with Gasteiger partial charge in [-0.05, 0) is 64.6 Å². The topological polar surface area (TPSA) is 430 Å². The van der Waals surface area contributed by atoms with Crippen LogP contribution in [-0.2, 0) is 60.7 Å². The van der Waals surface area contributed by atoms with E-state index < -0.39 is 139 Å². The Bertz CT molecular complexity index is 4990. The van der Waals surface area contributed by atoms with E-state index in [9.17, 15) is 29.8 Å². The largest absolute Gasteiger partial charge is 0.506 e. The number of hydrogen-bond acceptors (Lipinski definition) is 32. The Kier molecular flexibility index (Phi) is 19.3. The molecule has 1 aromatic carbocycles. The number of thiazole rings is 5. The second-order valence-electron chi connectivity index (χ2n) is 25.6. The van der Waals surface area contributed by atoms with Gasteiger partial charge in [0.15, 0.2) is 24.3 Å². The van der Waals surface area contributed by atoms with Gasteiger partial charge in [0.05, 0.1) is 73.9 Å². The molecule has 14 heterocycles. The molecule has 11 atom stereocenters. The number of likely N-dealkylation sites (N-methyl/N-ethyl adjacent to an activating group) is 1. The van der Waals surface area contributed by atoms with Gasteiger partial charge in [0.1, 0.15) is 120 Å². The Morgan fingerprint density at radius 2 is 1.52 bits per heavy atom. The van der Waals surface area contributed by atoms with Gasteiger partial charge >= 0.3 is 11.9 Å². The first-order valence-electron chi connectivity index (χ1n) is 32.8. The molecule has 38 heteroatoms. The molecule has 0 radical (unpaired) electrons. The van der Waals surface area contributed by atoms with Crippen molar-refractivity contribution in [2.45, 2.75) is 114 Å². The molecule has 11 unspecified atom stereocenters. The van der Waals surface area contributed by atoms with E-state index in [0.29, 0.717) is 29.2 Å². The van der Waals surface area contributed by atoms with Crippen molar-refractivity contribution in [1.29, 1.82) is 0 Å². The predicted octanol–water partition coefficient (Wildman–Crippen LogP) is 5.60. The van der Waals surface area contributed by atoms with Crippen LogP contribution in [0.1, 0.15) is 137 Å². The minimum Gasteiger partial charge on any atom is -0.506 e. The summed E-state index contributed by atoms with van der Waals surface area (Å²) in [4.78, 5) is 139. The molecule has 33 nitrogen and oxygen atoms in total. The smallest absolute Gasteiger partial charge is 0.358 e. The highest BCUT2D eigenvalue weighted by atomic mass is 32.1. The van der Waals surface area contributed by atoms with Crippen LogP contribution in [0.4, 0.5) is 5.69 Å². The van der Waals surface area contributed by atoms with Crippen molar-refractivity contribution in [3.63, 3.8) is 0 Å². The minimum atomic E-state index is -1.89. The monoisotopic (exact) mass is 1530 g/mol. The first-order chi connectivity index (χ1) is 50.5. The number of primary amides is 1. The number of nitrogens with two attached hydrogens (primary N) is 1. The summed E-state index contributed by atoms with van der Waals surface area (Å²) in [5.74, 6) is -7.00. The lowest BCUT2D eigenvalue weighted by molar-refractivity contribution is -0.269. The zero-order valence-corrected chi connectivity index (χ0v) is 60.5. The second kappa shape index (κ2) is 28.6. The van der Waals surface area contributed by atoms with Crippen LogP contribution < -0.4 is 31.9 Å². The molecule has 0 aliphatic carbocycles. The summed E-state index contributed by atoms with van der Waals surface area (Å²) in [6.07, 6.45) is -5.97. The number of aromatic nitrogens is 8. The maximum Gasteiger partial charge on any atom is 0.358 e. The molecule has 9 aromatic rings. The summed E-state index contributed by atoms with van der Waals surface area (Å²) in [7, 11) is 3.23. The Morgan fingerprint density at radius 1 is 0.819 bits per heavy atom. The van der Waals surface area contributed by atoms with Crippen molar-refractivity contribution in [3.8, 4) is 38.4 Å². The number of cyclic esters (lactones) is 2. The van der Waals surface area contributed by atoms with Crippen LogP contribution in [0.3, 0.4) is 0 Å². The Hall–Kier alpha value is -9.84. The van der Waals surface area contributed by atoms with E-state index >= 15 is 19.2 Å². The number of fused-ring (bicyclic) bond motifs is 16. The van der Waals surface area contributed by atoms with Gasteiger partial charge in [-0.1, -0.05) is 12.1 Å². The number of esters is 2. The molecule has 6 aliphatic heterocycles. The van der Waals surface area contributed by atoms with Gasteiger partial charge in [-0.3, -0.25) is 33.9 Å². The van der Waals surface area contributed by atoms with Gasteiger partial charge in [-0.15, -0.1) is 56.7 Å². The number of allylic oxidation sites excluding steroid dienone is 1. The summed E-state index contributed by atoms with van der Waals surface area (Å²) < 4.78 is 51.9. The van der Waals surface area contributed by atoms with E-state index in [1.165, 1.54) is 54.6 Å². The number of methoxy groups -OCH3 is 1. The number of benzene rings is 1. The van der Waals surface area contributed by atoms with Crippen molar-refractivity contribution in [3.05, 3.63) is 136 Å². The molecule has 0 spiro atoms. The Morgan fingerprint density at radius 3 is 2.27 bits per heavy atom. The van der Waals surface area contributed by atoms with Crippen molar-refractivity contribution in [2.24, 2.45) is 5.73 Å². The lowest BCUT2D eigenvalue weighted by Gasteiger charge is -2.45. The Balaban J connectivity index is 0.864. The van der Waals surface area contributed by atoms with E-state index in [4.69, 9.17) is 63.6 Å². The maximum atomic E-state index is 15.5. The fourth-order valence-corrected chi connectivity index (χ4v) is 17.9. The predicted molar refractivity (Wildman–Crippen MR) is 376 cm³/mol. The third-order valence-electron chi connectivity index (χ3n) is 18.8. The summed E-state index contributed by atoms with van der Waals surface area (Å²) in [6, 6.07) is 4.93. The van der Waals surface area contributed by atoms with E-state index in [1.807, 2.05) is 37.9 Å². The van der Waals surface area contributed by atoms with Crippen LogP contribution in [0.25, 0.3) is 49.3 Å². The number of anilines is 1. The van der Waals surface area contributed by atoms with Gasteiger partial charge in [0.25, 0.3) is 23.6 Å². The zero-order chi connectivity index (χ0) is 73.4. The van der Waals surface area contributed by atoms with E-state index in [0.717, 1.165) is 75.5 Å². The fraction of sp³-hybridized carbons (Fsp3) is 0.373. The molecular formula is C67H65N15O18S5. The number of morpholine rings is 1. The number of rotatable bonds is 8. The van der Waals surface area contributed by atoms with Crippen LogP contribution in [0.2, 0.25) is 0 Å². The van der Waals surface area contributed by atoms with Gasteiger partial charge in [-0.2, -0.15) is 4.73 Å². The molecule has 3 saturated heterocycles. The fourth-order valence-electron chi connectivity index (χ4n) is 13.7. The lowest BCUT2D eigenvalue weighted by atomic mass is 9.86. The highest BCUT2D eigenvalue weighted by Crippen LogP contribution is 2.49. The summed E-state index contributed by atoms with van der Waals surface area (Å²) >= 11 is 4.67. The minimum absolute atomic E-state index is 0.00106. The number of aromatic hydroxyl groups is 1. The number of amides is 5. The molecule has 6 aliphatic rings. The van der Waals surface area contributed by atoms with Gasteiger partial charge in [0, 0.05) is 62.9 Å². The quantitative estimate of drug-likeness (QED) is 0.0521. The number of aliphatic hydroxyl groups is 1. The molecule has 5 amide bonds. The van der Waals surface area contributed by atoms with Crippen molar-refractivity contribution >= 4 is 120 Å². The van der Waals surface area contributed by atoms with E-state index in [2.05, 4.69) is 41.1 Å². The molecule has 3 fully saturated rings. The zero-order valence-electron chi connectivity index (χ0n) is 56.4. The Labute approximate surface area is 615 Å². The SMILES string of the molecule is CO/C(C)=C1/NC(=O)C(C(C)O)NC(=O)c2csc(n2)-c2cc(O)c(-c3nc(C(N)=O)cs3)nc2-c2csc(n2)C2COC(=O)c3c4c5c(cccc5n3O)COC(=O)C(OC3CC5(C)OC(c6ccc(N7CCOCC7)cn6)N(C)C5C(C)O3)C(OC4)C(NC(=O)c3csc1n3)c1nc(cs1)C(=O)N2. The number of nitrogens with zero attached hydrogens (tertiary/aromatic N) is 10. The average molecular weight is 1530 g/mol. The molecule has 105 heavy (non-hydrogen) atoms. The van der Waals surface area contributed by atoms with E-state index in [1.54, 1.807) is 23.7 Å². The maximum absolute atomic E-state index is 15.5. The van der Waals surface area contributed by atoms with Crippen LogP contribution in [-0.4, -0.2) is 197 Å². The molecule has 12 bridgehead atoms. The van der Waals surface area contributed by atoms with Crippen LogP contribution in [0.15, 0.2) is 75.3 Å². The first-order valence-corrected chi connectivity index (χ1v) is 37.2. The molecule has 0 saturated carbocycles. The van der Waals surface area contributed by atoms with E-state index in [-0.39, 0.29) is 105 Å².